The van der Waals surface area contributed by atoms with Crippen LogP contribution in [-0.4, -0.2) is 23.3 Å². The predicted molar refractivity (Wildman–Crippen MR) is 41.0 cm³/mol. The molecular formula is C7H8N2O3. The van der Waals surface area contributed by atoms with Crippen LogP contribution < -0.4 is 5.48 Å². The molecule has 5 heteroatoms. The minimum atomic E-state index is -0.535. The molecule has 1 rings (SSSR count). The Hall–Kier alpha value is -1.62. The summed E-state index contributed by atoms with van der Waals surface area (Å²) >= 11 is 0. The van der Waals surface area contributed by atoms with E-state index in [-0.39, 0.29) is 5.69 Å². The van der Waals surface area contributed by atoms with Crippen LogP contribution in [0.3, 0.4) is 0 Å². The molecule has 0 atom stereocenters. The maximum atomic E-state index is 10.9. The molecule has 0 bridgehead atoms. The zero-order valence-corrected chi connectivity index (χ0v) is 6.44. The average molecular weight is 168 g/mol. The molecule has 0 fully saturated rings. The number of hydrogen-bond donors (Lipinski definition) is 2. The number of aromatic nitrogens is 1. The number of nitrogens with one attached hydrogen (secondary N) is 1. The van der Waals surface area contributed by atoms with Crippen LogP contribution >= 0.6 is 0 Å². The summed E-state index contributed by atoms with van der Waals surface area (Å²) in [6.45, 7) is 0. The van der Waals surface area contributed by atoms with E-state index in [1.54, 1.807) is 0 Å². The normalized spacial score (nSPS) is 9.17. The molecule has 0 spiro atoms. The molecule has 64 valence electrons. The monoisotopic (exact) mass is 168 g/mol. The van der Waals surface area contributed by atoms with E-state index in [9.17, 15) is 4.79 Å². The van der Waals surface area contributed by atoms with E-state index in [0.29, 0.717) is 5.69 Å². The van der Waals surface area contributed by atoms with Crippen LogP contribution in [0.1, 0.15) is 10.5 Å². The largest absolute Gasteiger partial charge is 0.464 e. The molecule has 0 amide bonds. The van der Waals surface area contributed by atoms with Crippen LogP contribution in [0, 0.1) is 0 Å². The number of methoxy groups -OCH3 is 1. The smallest absolute Gasteiger partial charge is 0.356 e. The average Bonchev–Trinajstić information content (AvgIpc) is 2.17. The standard InChI is InChI=1S/C7H8N2O3/c1-12-7(10)6-4-5(9-11)2-3-8-6/h2-4,11H,1H3,(H,8,9). The Morgan fingerprint density at radius 3 is 3.08 bits per heavy atom. The van der Waals surface area contributed by atoms with Crippen molar-refractivity contribution in [2.24, 2.45) is 0 Å². The molecule has 1 heterocycles. The molecule has 1 aromatic rings. The van der Waals surface area contributed by atoms with Crippen molar-refractivity contribution in [3.8, 4) is 0 Å². The summed E-state index contributed by atoms with van der Waals surface area (Å²) in [6.07, 6.45) is 1.39. The summed E-state index contributed by atoms with van der Waals surface area (Å²) in [5.41, 5.74) is 2.44. The lowest BCUT2D eigenvalue weighted by Gasteiger charge is -2.00. The first-order valence-electron chi connectivity index (χ1n) is 3.22. The number of esters is 1. The summed E-state index contributed by atoms with van der Waals surface area (Å²) in [5, 5.41) is 8.49. The summed E-state index contributed by atoms with van der Waals surface area (Å²) in [7, 11) is 1.27. The molecule has 0 radical (unpaired) electrons. The highest BCUT2D eigenvalue weighted by Gasteiger charge is 2.06. The first kappa shape index (κ1) is 8.48. The fourth-order valence-electron chi connectivity index (χ4n) is 0.716. The number of carbonyl (C=O) groups is 1. The summed E-state index contributed by atoms with van der Waals surface area (Å²) in [6, 6.07) is 2.90. The number of hydrogen-bond acceptors (Lipinski definition) is 5. The second-order valence-electron chi connectivity index (χ2n) is 2.03. The van der Waals surface area contributed by atoms with Gasteiger partial charge in [-0.25, -0.2) is 9.78 Å². The summed E-state index contributed by atoms with van der Waals surface area (Å²) < 4.78 is 4.42. The molecule has 0 aromatic carbocycles. The zero-order chi connectivity index (χ0) is 8.97. The summed E-state index contributed by atoms with van der Waals surface area (Å²) in [5.74, 6) is -0.535. The van der Waals surface area contributed by atoms with E-state index >= 15 is 0 Å². The number of anilines is 1. The van der Waals surface area contributed by atoms with Gasteiger partial charge in [-0.15, -0.1) is 0 Å². The van der Waals surface area contributed by atoms with Gasteiger partial charge in [0.15, 0.2) is 0 Å². The van der Waals surface area contributed by atoms with Crippen LogP contribution in [0.25, 0.3) is 0 Å². The van der Waals surface area contributed by atoms with E-state index in [4.69, 9.17) is 5.21 Å². The Kier molecular flexibility index (Phi) is 2.60. The Balaban J connectivity index is 2.93. The van der Waals surface area contributed by atoms with Crippen molar-refractivity contribution in [1.29, 1.82) is 0 Å². The second kappa shape index (κ2) is 3.68. The van der Waals surface area contributed by atoms with Crippen molar-refractivity contribution in [3.63, 3.8) is 0 Å². The van der Waals surface area contributed by atoms with E-state index in [0.717, 1.165) is 0 Å². The van der Waals surface area contributed by atoms with E-state index in [1.807, 2.05) is 5.48 Å². The van der Waals surface area contributed by atoms with Gasteiger partial charge in [-0.1, -0.05) is 0 Å². The molecule has 1 aromatic heterocycles. The van der Waals surface area contributed by atoms with Gasteiger partial charge < -0.3 is 4.74 Å². The molecule has 0 aliphatic carbocycles. The topological polar surface area (TPSA) is 71.5 Å². The molecule has 0 aliphatic heterocycles. The predicted octanol–water partition coefficient (Wildman–Crippen LogP) is 0.669. The fraction of sp³-hybridized carbons (Fsp3) is 0.143. The number of pyridine rings is 1. The highest BCUT2D eigenvalue weighted by Crippen LogP contribution is 2.06. The highest BCUT2D eigenvalue weighted by molar-refractivity contribution is 5.88. The lowest BCUT2D eigenvalue weighted by molar-refractivity contribution is 0.0594. The van der Waals surface area contributed by atoms with Gasteiger partial charge in [0.05, 0.1) is 12.8 Å². The van der Waals surface area contributed by atoms with Crippen molar-refractivity contribution in [2.45, 2.75) is 0 Å². The molecule has 0 unspecified atom stereocenters. The SMILES string of the molecule is COC(=O)c1cc(NO)ccn1. The Morgan fingerprint density at radius 1 is 1.75 bits per heavy atom. The van der Waals surface area contributed by atoms with Crippen molar-refractivity contribution >= 4 is 11.7 Å². The van der Waals surface area contributed by atoms with E-state index in [1.165, 1.54) is 25.4 Å². The third kappa shape index (κ3) is 1.70. The van der Waals surface area contributed by atoms with Gasteiger partial charge in [-0.05, 0) is 12.1 Å². The number of carbonyl (C=O) groups excluding carboxylic acids is 1. The Bertz CT molecular complexity index is 288. The summed E-state index contributed by atoms with van der Waals surface area (Å²) in [4.78, 5) is 14.6. The van der Waals surface area contributed by atoms with Gasteiger partial charge in [0.1, 0.15) is 5.69 Å². The number of rotatable bonds is 2. The third-order valence-corrected chi connectivity index (χ3v) is 1.28. The molecular weight excluding hydrogens is 160 g/mol. The van der Waals surface area contributed by atoms with Crippen molar-refractivity contribution in [3.05, 3.63) is 24.0 Å². The first-order valence-corrected chi connectivity index (χ1v) is 3.22. The minimum Gasteiger partial charge on any atom is -0.464 e. The maximum absolute atomic E-state index is 10.9. The number of nitrogens with zero attached hydrogens (tertiary/aromatic N) is 1. The highest BCUT2D eigenvalue weighted by atomic mass is 16.5. The maximum Gasteiger partial charge on any atom is 0.356 e. The molecule has 5 nitrogen and oxygen atoms in total. The lowest BCUT2D eigenvalue weighted by atomic mass is 10.3. The van der Waals surface area contributed by atoms with Gasteiger partial charge in [0.2, 0.25) is 0 Å². The van der Waals surface area contributed by atoms with Crippen LogP contribution in [0.2, 0.25) is 0 Å². The van der Waals surface area contributed by atoms with Crippen LogP contribution in [0.5, 0.6) is 0 Å². The third-order valence-electron chi connectivity index (χ3n) is 1.28. The van der Waals surface area contributed by atoms with Crippen molar-refractivity contribution < 1.29 is 14.7 Å². The van der Waals surface area contributed by atoms with E-state index < -0.39 is 5.97 Å². The molecule has 0 saturated carbocycles. The van der Waals surface area contributed by atoms with Crippen molar-refractivity contribution in [2.75, 3.05) is 12.6 Å². The fourth-order valence-corrected chi connectivity index (χ4v) is 0.716. The molecule has 0 saturated heterocycles. The first-order chi connectivity index (χ1) is 5.77. The van der Waals surface area contributed by atoms with Gasteiger partial charge in [0.25, 0.3) is 0 Å². The Morgan fingerprint density at radius 2 is 2.50 bits per heavy atom. The quantitative estimate of drug-likeness (QED) is 0.501. The lowest BCUT2D eigenvalue weighted by Crippen LogP contribution is -2.04. The van der Waals surface area contributed by atoms with Crippen LogP contribution in [-0.2, 0) is 4.74 Å². The van der Waals surface area contributed by atoms with E-state index in [2.05, 4.69) is 9.72 Å². The van der Waals surface area contributed by atoms with Crippen molar-refractivity contribution in [1.82, 2.24) is 4.98 Å². The number of ether oxygens (including phenoxy) is 1. The molecule has 12 heavy (non-hydrogen) atoms. The van der Waals surface area contributed by atoms with Gasteiger partial charge in [0, 0.05) is 6.20 Å². The molecule has 0 aliphatic rings. The molecule has 2 N–H and O–H groups in total. The second-order valence-corrected chi connectivity index (χ2v) is 2.03. The van der Waals surface area contributed by atoms with Gasteiger partial charge in [-0.2, -0.15) is 0 Å². The van der Waals surface area contributed by atoms with Crippen LogP contribution in [0.15, 0.2) is 18.3 Å². The minimum absolute atomic E-state index is 0.150. The van der Waals surface area contributed by atoms with Crippen LogP contribution in [0.4, 0.5) is 5.69 Å². The van der Waals surface area contributed by atoms with Gasteiger partial charge in [-0.3, -0.25) is 10.7 Å². The van der Waals surface area contributed by atoms with Gasteiger partial charge >= 0.3 is 5.97 Å². The zero-order valence-electron chi connectivity index (χ0n) is 6.44. The Labute approximate surface area is 69.0 Å².